The smallest absolute Gasteiger partial charge is 0.223 e. The van der Waals surface area contributed by atoms with Gasteiger partial charge in [-0.2, -0.15) is 0 Å². The topological polar surface area (TPSA) is 81.2 Å². The molecule has 0 N–H and O–H groups in total. The van der Waals surface area contributed by atoms with E-state index < -0.39 is 35.8 Å². The fraction of sp³-hybridized carbons (Fsp3) is 0.167. The summed E-state index contributed by atoms with van der Waals surface area (Å²) in [5.74, 6) is -0.539. The molecule has 28 heavy (non-hydrogen) atoms. The molecule has 0 aliphatic rings. The molecule has 2 aromatic carbocycles. The first kappa shape index (κ1) is 20.9. The van der Waals surface area contributed by atoms with E-state index in [-0.39, 0.29) is 14.1 Å². The lowest BCUT2D eigenvalue weighted by Crippen LogP contribution is -2.16. The van der Waals surface area contributed by atoms with Gasteiger partial charge >= 0.3 is 0 Å². The van der Waals surface area contributed by atoms with Crippen molar-refractivity contribution in [2.75, 3.05) is 0 Å². The van der Waals surface area contributed by atoms with Gasteiger partial charge in [0.2, 0.25) is 9.84 Å². The molecule has 0 saturated carbocycles. The third kappa shape index (κ3) is 3.84. The van der Waals surface area contributed by atoms with E-state index in [1.54, 1.807) is 0 Å². The number of thiazole rings is 1. The number of nitrogens with zero attached hydrogens (tertiary/aromatic N) is 1. The lowest BCUT2D eigenvalue weighted by atomic mass is 10.2. The third-order valence-electron chi connectivity index (χ3n) is 3.90. The van der Waals surface area contributed by atoms with Crippen LogP contribution in [0.2, 0.25) is 5.02 Å². The van der Waals surface area contributed by atoms with Crippen molar-refractivity contribution in [1.29, 1.82) is 0 Å². The average Bonchev–Trinajstić information content (AvgIpc) is 3.09. The molecule has 0 unspecified atom stereocenters. The number of sulfone groups is 2. The maximum absolute atomic E-state index is 13.6. The Labute approximate surface area is 171 Å². The van der Waals surface area contributed by atoms with Gasteiger partial charge in [-0.3, -0.25) is 0 Å². The normalized spacial score (nSPS) is 12.5. The highest BCUT2D eigenvalue weighted by atomic mass is 35.5. The van der Waals surface area contributed by atoms with Crippen LogP contribution in [-0.2, 0) is 19.7 Å². The standard InChI is InChI=1S/C18H15ClFNO4S3/c1-11(2)27(22,23)18-17(28(24,25)15-8-6-13(19)7-9-15)21-16(26-18)12-4-3-5-14(20)10-12/h3-11H,1-2H3. The first-order valence-corrected chi connectivity index (χ1v) is 12.3. The van der Waals surface area contributed by atoms with Crippen LogP contribution in [0.15, 0.2) is 62.7 Å². The summed E-state index contributed by atoms with van der Waals surface area (Å²) in [4.78, 5) is 3.96. The molecule has 0 aliphatic heterocycles. The van der Waals surface area contributed by atoms with Gasteiger partial charge in [-0.25, -0.2) is 26.2 Å². The SMILES string of the molecule is CC(C)S(=O)(=O)c1sc(-c2cccc(F)c2)nc1S(=O)(=O)c1ccc(Cl)cc1. The van der Waals surface area contributed by atoms with Gasteiger partial charge in [0.1, 0.15) is 10.8 Å². The van der Waals surface area contributed by atoms with Crippen LogP contribution in [0.4, 0.5) is 4.39 Å². The molecule has 0 saturated heterocycles. The van der Waals surface area contributed by atoms with Gasteiger partial charge in [-0.1, -0.05) is 23.7 Å². The average molecular weight is 460 g/mol. The molecular formula is C18H15ClFNO4S3. The van der Waals surface area contributed by atoms with Crippen molar-refractivity contribution in [2.24, 2.45) is 0 Å². The molecule has 0 atom stereocenters. The number of rotatable bonds is 5. The zero-order chi connectivity index (χ0) is 20.7. The maximum Gasteiger partial charge on any atom is 0.226 e. The summed E-state index contributed by atoms with van der Waals surface area (Å²) in [7, 11) is -8.18. The summed E-state index contributed by atoms with van der Waals surface area (Å²) in [6.07, 6.45) is 0. The van der Waals surface area contributed by atoms with Gasteiger partial charge in [0.15, 0.2) is 19.1 Å². The molecule has 0 aliphatic carbocycles. The Morgan fingerprint density at radius 2 is 1.68 bits per heavy atom. The Bertz CT molecular complexity index is 1230. The van der Waals surface area contributed by atoms with E-state index in [4.69, 9.17) is 11.6 Å². The molecule has 0 bridgehead atoms. The molecular weight excluding hydrogens is 445 g/mol. The zero-order valence-electron chi connectivity index (χ0n) is 14.8. The number of aromatic nitrogens is 1. The Hall–Kier alpha value is -1.81. The van der Waals surface area contributed by atoms with E-state index in [0.717, 1.165) is 0 Å². The lowest BCUT2D eigenvalue weighted by Gasteiger charge is -2.08. The predicted octanol–water partition coefficient (Wildman–Crippen LogP) is 4.62. The van der Waals surface area contributed by atoms with Gasteiger partial charge in [-0.05, 0) is 50.2 Å². The Balaban J connectivity index is 2.28. The molecule has 1 aromatic heterocycles. The second kappa shape index (κ2) is 7.55. The van der Waals surface area contributed by atoms with Crippen LogP contribution in [0.3, 0.4) is 0 Å². The summed E-state index contributed by atoms with van der Waals surface area (Å²) in [6.45, 7) is 2.91. The molecule has 3 rings (SSSR count). The Kier molecular flexibility index (Phi) is 5.64. The molecule has 1 heterocycles. The summed E-state index contributed by atoms with van der Waals surface area (Å²) < 4.78 is 65.1. The monoisotopic (exact) mass is 459 g/mol. The number of hydrogen-bond acceptors (Lipinski definition) is 6. The molecule has 0 fully saturated rings. The van der Waals surface area contributed by atoms with Crippen molar-refractivity contribution >= 4 is 42.6 Å². The van der Waals surface area contributed by atoms with Crippen molar-refractivity contribution in [1.82, 2.24) is 4.98 Å². The zero-order valence-corrected chi connectivity index (χ0v) is 18.0. The Morgan fingerprint density at radius 1 is 1.04 bits per heavy atom. The summed E-state index contributed by atoms with van der Waals surface area (Å²) in [5, 5.41) is -0.973. The minimum absolute atomic E-state index is 0.103. The number of hydrogen-bond donors (Lipinski definition) is 0. The third-order valence-corrected chi connectivity index (χ3v) is 9.90. The molecule has 5 nitrogen and oxygen atoms in total. The van der Waals surface area contributed by atoms with Crippen LogP contribution >= 0.6 is 22.9 Å². The van der Waals surface area contributed by atoms with Crippen LogP contribution in [0.1, 0.15) is 13.8 Å². The second-order valence-electron chi connectivity index (χ2n) is 6.17. The van der Waals surface area contributed by atoms with E-state index >= 15 is 0 Å². The van der Waals surface area contributed by atoms with E-state index in [1.807, 2.05) is 0 Å². The van der Waals surface area contributed by atoms with E-state index in [2.05, 4.69) is 4.98 Å². The number of halogens is 2. The van der Waals surface area contributed by atoms with Crippen molar-refractivity contribution in [2.45, 2.75) is 33.2 Å². The first-order chi connectivity index (χ1) is 13.0. The second-order valence-corrected chi connectivity index (χ2v) is 12.2. The van der Waals surface area contributed by atoms with Gasteiger partial charge in [0.05, 0.1) is 10.1 Å². The van der Waals surface area contributed by atoms with Crippen LogP contribution in [0.25, 0.3) is 10.6 Å². The van der Waals surface area contributed by atoms with Crippen LogP contribution in [0.5, 0.6) is 0 Å². The van der Waals surface area contributed by atoms with Crippen LogP contribution < -0.4 is 0 Å². The molecule has 148 valence electrons. The van der Waals surface area contributed by atoms with E-state index in [0.29, 0.717) is 21.9 Å². The maximum atomic E-state index is 13.6. The fourth-order valence-electron chi connectivity index (χ4n) is 2.33. The summed E-state index contributed by atoms with van der Waals surface area (Å²) >= 11 is 6.52. The van der Waals surface area contributed by atoms with E-state index in [9.17, 15) is 21.2 Å². The fourth-order valence-corrected chi connectivity index (χ4v) is 7.48. The highest BCUT2D eigenvalue weighted by Crippen LogP contribution is 2.38. The van der Waals surface area contributed by atoms with Crippen LogP contribution in [0, 0.1) is 5.82 Å². The minimum Gasteiger partial charge on any atom is -0.223 e. The molecule has 0 radical (unpaired) electrons. The van der Waals surface area contributed by atoms with Crippen LogP contribution in [-0.4, -0.2) is 27.1 Å². The van der Waals surface area contributed by atoms with Crippen molar-refractivity contribution in [3.8, 4) is 10.6 Å². The molecule has 0 amide bonds. The molecule has 0 spiro atoms. The lowest BCUT2D eigenvalue weighted by molar-refractivity contribution is 0.577. The largest absolute Gasteiger partial charge is 0.226 e. The van der Waals surface area contributed by atoms with Gasteiger partial charge in [-0.15, -0.1) is 11.3 Å². The van der Waals surface area contributed by atoms with Gasteiger partial charge < -0.3 is 0 Å². The van der Waals surface area contributed by atoms with Crippen molar-refractivity contribution in [3.05, 3.63) is 59.4 Å². The van der Waals surface area contributed by atoms with Gasteiger partial charge in [0, 0.05) is 10.6 Å². The number of benzene rings is 2. The van der Waals surface area contributed by atoms with E-state index in [1.165, 1.54) is 62.4 Å². The first-order valence-electron chi connectivity index (χ1n) is 8.05. The van der Waals surface area contributed by atoms with Crippen molar-refractivity contribution < 1.29 is 21.2 Å². The predicted molar refractivity (Wildman–Crippen MR) is 107 cm³/mol. The minimum atomic E-state index is -4.23. The quantitative estimate of drug-likeness (QED) is 0.556. The molecule has 10 heteroatoms. The Morgan fingerprint density at radius 3 is 2.25 bits per heavy atom. The molecule has 3 aromatic rings. The highest BCUT2D eigenvalue weighted by Gasteiger charge is 2.35. The summed E-state index contributed by atoms with van der Waals surface area (Å²) in [6, 6.07) is 10.7. The highest BCUT2D eigenvalue weighted by molar-refractivity contribution is 7.96. The summed E-state index contributed by atoms with van der Waals surface area (Å²) in [5.41, 5.74) is 0.294. The van der Waals surface area contributed by atoms with Gasteiger partial charge in [0.25, 0.3) is 0 Å². The van der Waals surface area contributed by atoms with Crippen molar-refractivity contribution in [3.63, 3.8) is 0 Å².